The topological polar surface area (TPSA) is 77.4 Å². The van der Waals surface area contributed by atoms with Crippen LogP contribution in [0.25, 0.3) is 11.2 Å². The number of rotatable bonds is 4. The summed E-state index contributed by atoms with van der Waals surface area (Å²) in [4.78, 5) is 30.1. The Labute approximate surface area is 145 Å². The maximum atomic E-state index is 13.0. The first kappa shape index (κ1) is 17.2. The summed E-state index contributed by atoms with van der Waals surface area (Å²) in [6.07, 6.45) is 0.708. The van der Waals surface area contributed by atoms with Gasteiger partial charge in [0.25, 0.3) is 5.56 Å². The number of anilines is 1. The van der Waals surface area contributed by atoms with Gasteiger partial charge in [-0.1, -0.05) is 19.1 Å². The molecule has 8 nitrogen and oxygen atoms in total. The highest BCUT2D eigenvalue weighted by Crippen LogP contribution is 2.30. The Hall–Kier alpha value is -2.64. The van der Waals surface area contributed by atoms with Gasteiger partial charge in [0, 0.05) is 13.6 Å². The lowest BCUT2D eigenvalue weighted by molar-refractivity contribution is 0.586. The van der Waals surface area contributed by atoms with Crippen molar-refractivity contribution in [1.82, 2.24) is 18.7 Å². The third-order valence-corrected chi connectivity index (χ3v) is 4.53. The second kappa shape index (κ2) is 6.02. The van der Waals surface area contributed by atoms with Crippen molar-refractivity contribution in [3.8, 4) is 0 Å². The molecule has 0 saturated carbocycles. The highest BCUT2D eigenvalue weighted by molar-refractivity contribution is 5.91. The standard InChI is InChI=1S/C17H24N6O2/c1-7-8-21-15(24)13-14(20(6)17(21)25)18-16-22(9-10(2)3)19-11(4)12(5)23(13)16/h12H,2,7-9H2,1,3-6H3/t12-/m1/s1. The number of aromatic nitrogens is 4. The maximum absolute atomic E-state index is 13.0. The van der Waals surface area contributed by atoms with E-state index in [4.69, 9.17) is 0 Å². The van der Waals surface area contributed by atoms with Gasteiger partial charge in [-0.15, -0.1) is 0 Å². The lowest BCUT2D eigenvalue weighted by Gasteiger charge is -2.29. The zero-order chi connectivity index (χ0) is 18.5. The van der Waals surface area contributed by atoms with E-state index in [1.165, 1.54) is 9.13 Å². The van der Waals surface area contributed by atoms with Gasteiger partial charge in [0.15, 0.2) is 11.2 Å². The van der Waals surface area contributed by atoms with Crippen LogP contribution < -0.4 is 16.3 Å². The minimum atomic E-state index is -0.341. The fraction of sp³-hybridized carbons (Fsp3) is 0.529. The molecule has 2 aromatic rings. The minimum absolute atomic E-state index is 0.110. The number of imidazole rings is 1. The van der Waals surface area contributed by atoms with Crippen molar-refractivity contribution in [3.63, 3.8) is 0 Å². The van der Waals surface area contributed by atoms with Crippen molar-refractivity contribution in [2.24, 2.45) is 12.1 Å². The van der Waals surface area contributed by atoms with E-state index in [-0.39, 0.29) is 17.3 Å². The molecule has 8 heteroatoms. The highest BCUT2D eigenvalue weighted by Gasteiger charge is 2.30. The van der Waals surface area contributed by atoms with Crippen molar-refractivity contribution in [1.29, 1.82) is 0 Å². The Morgan fingerprint density at radius 3 is 2.60 bits per heavy atom. The molecule has 2 aromatic heterocycles. The van der Waals surface area contributed by atoms with E-state index in [1.807, 2.05) is 32.3 Å². The summed E-state index contributed by atoms with van der Waals surface area (Å²) in [6.45, 7) is 12.6. The molecule has 1 atom stereocenters. The molecular weight excluding hydrogens is 320 g/mol. The Balaban J connectivity index is 2.40. The predicted molar refractivity (Wildman–Crippen MR) is 99.5 cm³/mol. The van der Waals surface area contributed by atoms with Gasteiger partial charge in [0.05, 0.1) is 18.3 Å². The molecule has 1 aliphatic heterocycles. The van der Waals surface area contributed by atoms with Crippen molar-refractivity contribution in [2.45, 2.75) is 46.7 Å². The highest BCUT2D eigenvalue weighted by atomic mass is 16.2. The van der Waals surface area contributed by atoms with E-state index >= 15 is 0 Å². The molecule has 0 unspecified atom stereocenters. The summed E-state index contributed by atoms with van der Waals surface area (Å²) < 4.78 is 4.61. The first-order chi connectivity index (χ1) is 11.8. The first-order valence-corrected chi connectivity index (χ1v) is 8.46. The van der Waals surface area contributed by atoms with Crippen LogP contribution in [0.3, 0.4) is 0 Å². The SMILES string of the molecule is C=C(C)CN1N=C(C)[C@@H](C)n2c1nc1c2c(=O)n(CCC)c(=O)n1C. The fourth-order valence-corrected chi connectivity index (χ4v) is 3.17. The molecular formula is C17H24N6O2. The predicted octanol–water partition coefficient (Wildman–Crippen LogP) is 1.64. The van der Waals surface area contributed by atoms with Gasteiger partial charge in [0.2, 0.25) is 5.95 Å². The Morgan fingerprint density at radius 2 is 2.00 bits per heavy atom. The Kier molecular flexibility index (Phi) is 4.14. The van der Waals surface area contributed by atoms with E-state index in [2.05, 4.69) is 16.7 Å². The molecule has 0 spiro atoms. The van der Waals surface area contributed by atoms with Crippen molar-refractivity contribution in [3.05, 3.63) is 33.0 Å². The van der Waals surface area contributed by atoms with Gasteiger partial charge in [0.1, 0.15) is 0 Å². The third-order valence-electron chi connectivity index (χ3n) is 4.53. The third kappa shape index (κ3) is 2.52. The average molecular weight is 344 g/mol. The summed E-state index contributed by atoms with van der Waals surface area (Å²) in [5, 5.41) is 6.33. The number of hydrogen-bond donors (Lipinski definition) is 0. The zero-order valence-corrected chi connectivity index (χ0v) is 15.4. The molecule has 0 aromatic carbocycles. The first-order valence-electron chi connectivity index (χ1n) is 8.46. The van der Waals surface area contributed by atoms with E-state index in [1.54, 1.807) is 12.1 Å². The van der Waals surface area contributed by atoms with E-state index in [0.717, 1.165) is 11.3 Å². The lowest BCUT2D eigenvalue weighted by Crippen LogP contribution is -2.40. The monoisotopic (exact) mass is 344 g/mol. The van der Waals surface area contributed by atoms with Gasteiger partial charge in [-0.3, -0.25) is 18.5 Å². The van der Waals surface area contributed by atoms with Gasteiger partial charge < -0.3 is 0 Å². The molecule has 3 heterocycles. The van der Waals surface area contributed by atoms with Crippen molar-refractivity contribution < 1.29 is 0 Å². The summed E-state index contributed by atoms with van der Waals surface area (Å²) in [7, 11) is 1.65. The maximum Gasteiger partial charge on any atom is 0.332 e. The van der Waals surface area contributed by atoms with Crippen LogP contribution in [-0.2, 0) is 13.6 Å². The Morgan fingerprint density at radius 1 is 1.32 bits per heavy atom. The number of fused-ring (bicyclic) bond motifs is 3. The second-order valence-electron chi connectivity index (χ2n) is 6.68. The summed E-state index contributed by atoms with van der Waals surface area (Å²) in [5.41, 5.74) is 2.01. The van der Waals surface area contributed by atoms with Crippen molar-refractivity contribution in [2.75, 3.05) is 11.6 Å². The van der Waals surface area contributed by atoms with Gasteiger partial charge in [-0.2, -0.15) is 10.1 Å². The molecule has 3 rings (SSSR count). The molecule has 0 fully saturated rings. The van der Waals surface area contributed by atoms with Crippen LogP contribution in [0.15, 0.2) is 26.8 Å². The van der Waals surface area contributed by atoms with Gasteiger partial charge in [-0.25, -0.2) is 9.80 Å². The molecule has 134 valence electrons. The van der Waals surface area contributed by atoms with Crippen LogP contribution in [0.4, 0.5) is 5.95 Å². The smallest absolute Gasteiger partial charge is 0.294 e. The molecule has 0 N–H and O–H groups in total. The van der Waals surface area contributed by atoms with E-state index in [0.29, 0.717) is 36.6 Å². The van der Waals surface area contributed by atoms with E-state index < -0.39 is 0 Å². The quantitative estimate of drug-likeness (QED) is 0.790. The van der Waals surface area contributed by atoms with Crippen molar-refractivity contribution >= 4 is 22.8 Å². The van der Waals surface area contributed by atoms with Gasteiger partial charge in [-0.05, 0) is 27.2 Å². The molecule has 0 bridgehead atoms. The Bertz CT molecular complexity index is 1010. The molecule has 0 saturated heterocycles. The van der Waals surface area contributed by atoms with Gasteiger partial charge >= 0.3 is 5.69 Å². The molecule has 0 amide bonds. The average Bonchev–Trinajstić information content (AvgIpc) is 2.95. The number of hydrazone groups is 1. The summed E-state index contributed by atoms with van der Waals surface area (Å²) in [5.74, 6) is 0.567. The number of nitrogens with zero attached hydrogens (tertiary/aromatic N) is 6. The lowest BCUT2D eigenvalue weighted by atomic mass is 10.2. The largest absolute Gasteiger partial charge is 0.332 e. The van der Waals surface area contributed by atoms with Crippen LogP contribution in [0.5, 0.6) is 0 Å². The minimum Gasteiger partial charge on any atom is -0.294 e. The number of hydrogen-bond acceptors (Lipinski definition) is 5. The number of aryl methyl sites for hydroxylation is 1. The summed E-state index contributed by atoms with van der Waals surface area (Å²) in [6, 6.07) is -0.110. The molecule has 0 radical (unpaired) electrons. The van der Waals surface area contributed by atoms with Crippen LogP contribution in [-0.4, -0.2) is 30.9 Å². The summed E-state index contributed by atoms with van der Waals surface area (Å²) >= 11 is 0. The zero-order valence-electron chi connectivity index (χ0n) is 15.4. The second-order valence-corrected chi connectivity index (χ2v) is 6.68. The van der Waals surface area contributed by atoms with Crippen LogP contribution in [0, 0.1) is 0 Å². The van der Waals surface area contributed by atoms with Crippen LogP contribution in [0.2, 0.25) is 0 Å². The van der Waals surface area contributed by atoms with Crippen LogP contribution >= 0.6 is 0 Å². The van der Waals surface area contributed by atoms with Crippen LogP contribution in [0.1, 0.15) is 40.2 Å². The normalized spacial score (nSPS) is 16.9. The molecule has 1 aliphatic rings. The van der Waals surface area contributed by atoms with E-state index in [9.17, 15) is 9.59 Å². The molecule has 0 aliphatic carbocycles. The molecule has 25 heavy (non-hydrogen) atoms. The fourth-order valence-electron chi connectivity index (χ4n) is 3.17.